The maximum absolute atomic E-state index is 13.0. The fourth-order valence-corrected chi connectivity index (χ4v) is 6.46. The molecule has 4 saturated carbocycles. The molecule has 0 N–H and O–H groups in total. The molecule has 0 saturated heterocycles. The van der Waals surface area contributed by atoms with E-state index in [1.54, 1.807) is 0 Å². The zero-order valence-electron chi connectivity index (χ0n) is 16.0. The number of carbonyl (C=O) groups excluding carboxylic acids is 2. The lowest BCUT2D eigenvalue weighted by molar-refractivity contribution is -0.125. The molecule has 24 heavy (non-hydrogen) atoms. The molecular weight excluding hydrogens is 296 g/mol. The Morgan fingerprint density at radius 1 is 0.792 bits per heavy atom. The van der Waals surface area contributed by atoms with Crippen molar-refractivity contribution in [2.75, 3.05) is 0 Å². The van der Waals surface area contributed by atoms with E-state index in [1.807, 2.05) is 12.2 Å². The quantitative estimate of drug-likeness (QED) is 0.643. The van der Waals surface area contributed by atoms with Gasteiger partial charge in [0, 0.05) is 22.3 Å². The van der Waals surface area contributed by atoms with Crippen LogP contribution in [0.15, 0.2) is 23.3 Å². The van der Waals surface area contributed by atoms with Crippen LogP contribution >= 0.6 is 0 Å². The molecule has 0 aliphatic heterocycles. The third kappa shape index (κ3) is 1.50. The number of Topliss-reactive ketones (excluding diaryl/α,β-unsaturated/α-hetero) is 2. The summed E-state index contributed by atoms with van der Waals surface area (Å²) in [4.78, 5) is 25.8. The molecule has 4 aliphatic rings. The largest absolute Gasteiger partial charge is 0.294 e. The molecule has 4 bridgehead atoms. The highest BCUT2D eigenvalue weighted by Gasteiger charge is 2.65. The van der Waals surface area contributed by atoms with Crippen molar-refractivity contribution >= 4 is 11.6 Å². The molecule has 0 spiro atoms. The molecule has 0 unspecified atom stereocenters. The van der Waals surface area contributed by atoms with Gasteiger partial charge in [-0.05, 0) is 48.0 Å². The zero-order valence-corrected chi connectivity index (χ0v) is 16.0. The highest BCUT2D eigenvalue weighted by molar-refractivity contribution is 6.06. The van der Waals surface area contributed by atoms with Crippen LogP contribution in [0.2, 0.25) is 0 Å². The Morgan fingerprint density at radius 2 is 1.33 bits per heavy atom. The predicted molar refractivity (Wildman–Crippen MR) is 95.4 cm³/mol. The van der Waals surface area contributed by atoms with E-state index in [-0.39, 0.29) is 27.6 Å². The zero-order chi connectivity index (χ0) is 17.7. The number of carbonyl (C=O) groups is 2. The standard InChI is InChI=1S/C22H30O2/c1-19(2)14-9-12-22(19,6)18(24)13(14)7-8-16-17(23)15-10-11-21(16,5)20(15,3)4/h7-8,14-15H,9-12H2,1-6H3/b13-7-,16-8-/t14-,15+,21+,22-/m1/s1. The van der Waals surface area contributed by atoms with Crippen molar-refractivity contribution in [3.05, 3.63) is 23.3 Å². The summed E-state index contributed by atoms with van der Waals surface area (Å²) in [5.74, 6) is 1.16. The second-order valence-corrected chi connectivity index (χ2v) is 10.2. The van der Waals surface area contributed by atoms with Gasteiger partial charge in [-0.1, -0.05) is 53.7 Å². The number of allylic oxidation sites excluding steroid dienone is 4. The van der Waals surface area contributed by atoms with E-state index in [0.717, 1.165) is 36.8 Å². The number of ketones is 2. The van der Waals surface area contributed by atoms with Gasteiger partial charge >= 0.3 is 0 Å². The third-order valence-corrected chi connectivity index (χ3v) is 9.20. The molecule has 0 aromatic heterocycles. The van der Waals surface area contributed by atoms with Crippen LogP contribution in [0.1, 0.15) is 67.2 Å². The van der Waals surface area contributed by atoms with Gasteiger partial charge in [0.25, 0.3) is 0 Å². The molecular formula is C22H30O2. The van der Waals surface area contributed by atoms with Gasteiger partial charge in [0.05, 0.1) is 0 Å². The Balaban J connectivity index is 1.76. The number of rotatable bonds is 1. The highest BCUT2D eigenvalue weighted by atomic mass is 16.1. The first-order valence-electron chi connectivity index (χ1n) is 9.50. The minimum atomic E-state index is -0.218. The van der Waals surface area contributed by atoms with E-state index in [2.05, 4.69) is 41.5 Å². The van der Waals surface area contributed by atoms with E-state index in [0.29, 0.717) is 17.5 Å². The van der Waals surface area contributed by atoms with Crippen LogP contribution in [-0.4, -0.2) is 11.6 Å². The molecule has 0 radical (unpaired) electrons. The van der Waals surface area contributed by atoms with Crippen molar-refractivity contribution < 1.29 is 9.59 Å². The smallest absolute Gasteiger partial charge is 0.165 e. The van der Waals surface area contributed by atoms with E-state index in [9.17, 15) is 9.59 Å². The van der Waals surface area contributed by atoms with E-state index < -0.39 is 0 Å². The molecule has 2 nitrogen and oxygen atoms in total. The first kappa shape index (κ1) is 16.3. The van der Waals surface area contributed by atoms with Crippen LogP contribution in [-0.2, 0) is 9.59 Å². The van der Waals surface area contributed by atoms with Crippen LogP contribution < -0.4 is 0 Å². The third-order valence-electron chi connectivity index (χ3n) is 9.20. The van der Waals surface area contributed by atoms with Gasteiger partial charge in [-0.15, -0.1) is 0 Å². The minimum absolute atomic E-state index is 0.0358. The maximum atomic E-state index is 13.0. The van der Waals surface area contributed by atoms with Crippen LogP contribution in [0.25, 0.3) is 0 Å². The summed E-state index contributed by atoms with van der Waals surface area (Å²) in [5.41, 5.74) is 1.76. The Hall–Kier alpha value is -1.18. The van der Waals surface area contributed by atoms with Gasteiger partial charge in [-0.3, -0.25) is 9.59 Å². The lowest BCUT2D eigenvalue weighted by Crippen LogP contribution is -2.32. The Bertz CT molecular complexity index is 720. The van der Waals surface area contributed by atoms with Crippen LogP contribution in [0.4, 0.5) is 0 Å². The van der Waals surface area contributed by atoms with Crippen molar-refractivity contribution in [3.8, 4) is 0 Å². The summed E-state index contributed by atoms with van der Waals surface area (Å²) < 4.78 is 0. The Morgan fingerprint density at radius 3 is 1.83 bits per heavy atom. The van der Waals surface area contributed by atoms with Gasteiger partial charge in [0.15, 0.2) is 11.6 Å². The average molecular weight is 326 g/mol. The monoisotopic (exact) mass is 326 g/mol. The van der Waals surface area contributed by atoms with Gasteiger partial charge in [-0.25, -0.2) is 0 Å². The van der Waals surface area contributed by atoms with Crippen LogP contribution in [0.5, 0.6) is 0 Å². The van der Waals surface area contributed by atoms with Gasteiger partial charge in [0.1, 0.15) is 0 Å². The molecule has 0 aromatic carbocycles. The van der Waals surface area contributed by atoms with Gasteiger partial charge < -0.3 is 0 Å². The molecule has 0 aromatic rings. The summed E-state index contributed by atoms with van der Waals surface area (Å²) in [6.45, 7) is 13.3. The molecule has 4 atom stereocenters. The molecule has 0 heterocycles. The lowest BCUT2D eigenvalue weighted by Gasteiger charge is -2.34. The van der Waals surface area contributed by atoms with Crippen molar-refractivity contribution in [2.45, 2.75) is 67.2 Å². The topological polar surface area (TPSA) is 34.1 Å². The summed E-state index contributed by atoms with van der Waals surface area (Å²) in [5, 5.41) is 0. The summed E-state index contributed by atoms with van der Waals surface area (Å²) >= 11 is 0. The first-order valence-corrected chi connectivity index (χ1v) is 9.50. The molecule has 4 aliphatic carbocycles. The molecule has 0 amide bonds. The Kier molecular flexibility index (Phi) is 2.93. The SMILES string of the molecule is CC1(C)[C@H]2CC[C@@]1(C)/C(=C\C=C1/C(=O)[C@@]3(C)CC[C@H]1C3(C)C)C2=O. The van der Waals surface area contributed by atoms with Gasteiger partial charge in [-0.2, -0.15) is 0 Å². The van der Waals surface area contributed by atoms with Crippen molar-refractivity contribution in [1.82, 2.24) is 0 Å². The predicted octanol–water partition coefficient (Wildman–Crippen LogP) is 4.89. The molecule has 4 rings (SSSR count). The normalized spacial score (nSPS) is 48.2. The van der Waals surface area contributed by atoms with Gasteiger partial charge in [0.2, 0.25) is 0 Å². The van der Waals surface area contributed by atoms with E-state index in [1.165, 1.54) is 0 Å². The fraction of sp³-hybridized carbons (Fsp3) is 0.727. The lowest BCUT2D eigenvalue weighted by atomic mass is 9.69. The fourth-order valence-electron chi connectivity index (χ4n) is 6.46. The molecule has 130 valence electrons. The summed E-state index contributed by atoms with van der Waals surface area (Å²) in [6, 6.07) is 0. The van der Waals surface area contributed by atoms with Crippen molar-refractivity contribution in [3.63, 3.8) is 0 Å². The second kappa shape index (κ2) is 4.31. The molecule has 2 heteroatoms. The number of hydrogen-bond donors (Lipinski definition) is 0. The van der Waals surface area contributed by atoms with Crippen molar-refractivity contribution in [1.29, 1.82) is 0 Å². The second-order valence-electron chi connectivity index (χ2n) is 10.2. The summed E-state index contributed by atoms with van der Waals surface area (Å²) in [6.07, 6.45) is 8.26. The summed E-state index contributed by atoms with van der Waals surface area (Å²) in [7, 11) is 0. The average Bonchev–Trinajstić information content (AvgIpc) is 2.96. The molecule has 4 fully saturated rings. The Labute approximate surface area is 145 Å². The van der Waals surface area contributed by atoms with Crippen LogP contribution in [0, 0.1) is 33.5 Å². The number of fused-ring (bicyclic) bond motifs is 4. The van der Waals surface area contributed by atoms with E-state index >= 15 is 0 Å². The van der Waals surface area contributed by atoms with Crippen molar-refractivity contribution in [2.24, 2.45) is 33.5 Å². The minimum Gasteiger partial charge on any atom is -0.294 e. The highest BCUT2D eigenvalue weighted by Crippen LogP contribution is 2.67. The first-order chi connectivity index (χ1) is 11.0. The van der Waals surface area contributed by atoms with Crippen LogP contribution in [0.3, 0.4) is 0 Å². The maximum Gasteiger partial charge on any atom is 0.165 e. The van der Waals surface area contributed by atoms with E-state index in [4.69, 9.17) is 0 Å². The number of hydrogen-bond acceptors (Lipinski definition) is 2.